The van der Waals surface area contributed by atoms with Gasteiger partial charge in [-0.15, -0.1) is 0 Å². The Morgan fingerprint density at radius 3 is 2.76 bits per heavy atom. The number of anilines is 1. The van der Waals surface area contributed by atoms with Crippen molar-refractivity contribution in [3.63, 3.8) is 0 Å². The summed E-state index contributed by atoms with van der Waals surface area (Å²) in [4.78, 5) is 13.6. The van der Waals surface area contributed by atoms with Gasteiger partial charge in [-0.25, -0.2) is 9.97 Å². The molecular formula is C14H13F3N4. The van der Waals surface area contributed by atoms with Crippen LogP contribution in [0.15, 0.2) is 36.8 Å². The van der Waals surface area contributed by atoms with Crippen molar-refractivity contribution in [2.45, 2.75) is 25.1 Å². The number of aromatic nitrogens is 3. The molecule has 21 heavy (non-hydrogen) atoms. The van der Waals surface area contributed by atoms with Gasteiger partial charge in [0.2, 0.25) is 5.95 Å². The summed E-state index contributed by atoms with van der Waals surface area (Å²) in [5.41, 5.74) is 0.0559. The molecule has 0 spiro atoms. The van der Waals surface area contributed by atoms with Gasteiger partial charge in [0, 0.05) is 25.1 Å². The van der Waals surface area contributed by atoms with Crippen LogP contribution in [0.1, 0.15) is 30.1 Å². The molecule has 0 amide bonds. The summed E-state index contributed by atoms with van der Waals surface area (Å²) in [7, 11) is 0. The first-order valence-corrected chi connectivity index (χ1v) is 6.62. The highest BCUT2D eigenvalue weighted by molar-refractivity contribution is 5.38. The molecule has 7 heteroatoms. The van der Waals surface area contributed by atoms with Crippen LogP contribution in [0.2, 0.25) is 0 Å². The Bertz CT molecular complexity index is 615. The fourth-order valence-corrected chi connectivity index (χ4v) is 2.57. The van der Waals surface area contributed by atoms with Gasteiger partial charge in [-0.1, -0.05) is 6.07 Å². The maximum absolute atomic E-state index is 12.8. The van der Waals surface area contributed by atoms with E-state index in [4.69, 9.17) is 0 Å². The molecule has 0 unspecified atom stereocenters. The Kier molecular flexibility index (Phi) is 3.48. The first kappa shape index (κ1) is 13.8. The van der Waals surface area contributed by atoms with E-state index in [0.29, 0.717) is 6.54 Å². The number of rotatable bonds is 2. The second-order valence-electron chi connectivity index (χ2n) is 4.88. The zero-order chi connectivity index (χ0) is 14.9. The lowest BCUT2D eigenvalue weighted by Gasteiger charge is -2.25. The monoisotopic (exact) mass is 294 g/mol. The van der Waals surface area contributed by atoms with Crippen LogP contribution in [0.25, 0.3) is 0 Å². The molecule has 1 saturated heterocycles. The number of hydrogen-bond acceptors (Lipinski definition) is 4. The van der Waals surface area contributed by atoms with E-state index >= 15 is 0 Å². The Hall–Kier alpha value is -2.18. The van der Waals surface area contributed by atoms with Crippen molar-refractivity contribution < 1.29 is 13.2 Å². The lowest BCUT2D eigenvalue weighted by atomic mass is 10.1. The highest BCUT2D eigenvalue weighted by Crippen LogP contribution is 2.35. The van der Waals surface area contributed by atoms with Crippen molar-refractivity contribution in [1.29, 1.82) is 0 Å². The van der Waals surface area contributed by atoms with E-state index in [-0.39, 0.29) is 12.0 Å². The van der Waals surface area contributed by atoms with Gasteiger partial charge in [0.25, 0.3) is 0 Å². The van der Waals surface area contributed by atoms with E-state index in [2.05, 4.69) is 15.0 Å². The van der Waals surface area contributed by atoms with Crippen LogP contribution in [0.4, 0.5) is 19.1 Å². The smallest absolute Gasteiger partial charge is 0.334 e. The zero-order valence-corrected chi connectivity index (χ0v) is 11.1. The predicted molar refractivity (Wildman–Crippen MR) is 70.6 cm³/mol. The molecule has 110 valence electrons. The molecule has 1 atom stereocenters. The van der Waals surface area contributed by atoms with Gasteiger partial charge in [0.1, 0.15) is 5.69 Å². The molecule has 0 N–H and O–H groups in total. The van der Waals surface area contributed by atoms with Crippen LogP contribution < -0.4 is 4.90 Å². The fourth-order valence-electron chi connectivity index (χ4n) is 2.57. The fraction of sp³-hybridized carbons (Fsp3) is 0.357. The largest absolute Gasteiger partial charge is 0.433 e. The SMILES string of the molecule is FC(F)(F)c1ccnc(N2CCC[C@@H]2c2cccnc2)n1. The topological polar surface area (TPSA) is 41.9 Å². The molecule has 1 aliphatic rings. The van der Waals surface area contributed by atoms with Crippen molar-refractivity contribution in [1.82, 2.24) is 15.0 Å². The van der Waals surface area contributed by atoms with Gasteiger partial charge in [-0.05, 0) is 30.5 Å². The molecular weight excluding hydrogens is 281 g/mol. The number of halogens is 3. The normalized spacial score (nSPS) is 19.0. The van der Waals surface area contributed by atoms with Gasteiger partial charge >= 0.3 is 6.18 Å². The third kappa shape index (κ3) is 2.81. The Balaban J connectivity index is 1.93. The Morgan fingerprint density at radius 2 is 2.05 bits per heavy atom. The molecule has 0 aliphatic carbocycles. The van der Waals surface area contributed by atoms with Crippen molar-refractivity contribution in [3.05, 3.63) is 48.0 Å². The average molecular weight is 294 g/mol. The van der Waals surface area contributed by atoms with Gasteiger partial charge in [0.15, 0.2) is 0 Å². The third-order valence-corrected chi connectivity index (χ3v) is 3.51. The predicted octanol–water partition coefficient (Wildman–Crippen LogP) is 3.23. The maximum Gasteiger partial charge on any atom is 0.433 e. The van der Waals surface area contributed by atoms with E-state index in [1.165, 1.54) is 0 Å². The van der Waals surface area contributed by atoms with Gasteiger partial charge in [0.05, 0.1) is 6.04 Å². The minimum absolute atomic E-state index is 0.0258. The number of pyridine rings is 1. The second kappa shape index (κ2) is 5.31. The average Bonchev–Trinajstić information content (AvgIpc) is 2.97. The van der Waals surface area contributed by atoms with E-state index in [1.807, 2.05) is 17.0 Å². The summed E-state index contributed by atoms with van der Waals surface area (Å²) < 4.78 is 38.3. The van der Waals surface area contributed by atoms with Gasteiger partial charge in [-0.2, -0.15) is 13.2 Å². The zero-order valence-electron chi connectivity index (χ0n) is 11.1. The molecule has 1 aliphatic heterocycles. The molecule has 1 fully saturated rings. The summed E-state index contributed by atoms with van der Waals surface area (Å²) in [6.07, 6.45) is 1.84. The minimum Gasteiger partial charge on any atom is -0.334 e. The van der Waals surface area contributed by atoms with Crippen LogP contribution in [0.5, 0.6) is 0 Å². The van der Waals surface area contributed by atoms with E-state index in [0.717, 1.165) is 30.7 Å². The van der Waals surface area contributed by atoms with Crippen LogP contribution in [0.3, 0.4) is 0 Å². The molecule has 4 nitrogen and oxygen atoms in total. The van der Waals surface area contributed by atoms with Crippen molar-refractivity contribution in [2.24, 2.45) is 0 Å². The summed E-state index contributed by atoms with van der Waals surface area (Å²) in [6, 6.07) is 4.60. The lowest BCUT2D eigenvalue weighted by Crippen LogP contribution is -2.25. The lowest BCUT2D eigenvalue weighted by molar-refractivity contribution is -0.141. The third-order valence-electron chi connectivity index (χ3n) is 3.51. The van der Waals surface area contributed by atoms with Crippen LogP contribution in [-0.2, 0) is 6.18 Å². The van der Waals surface area contributed by atoms with E-state index in [1.54, 1.807) is 12.4 Å². The summed E-state index contributed by atoms with van der Waals surface area (Å²) in [5, 5.41) is 0. The van der Waals surface area contributed by atoms with Crippen molar-refractivity contribution in [2.75, 3.05) is 11.4 Å². The summed E-state index contributed by atoms with van der Waals surface area (Å²) in [6.45, 7) is 0.640. The van der Waals surface area contributed by atoms with Crippen LogP contribution in [0, 0.1) is 0 Å². The highest BCUT2D eigenvalue weighted by atomic mass is 19.4. The Labute approximate surface area is 119 Å². The molecule has 0 radical (unpaired) electrons. The minimum atomic E-state index is -4.46. The standard InChI is InChI=1S/C14H13F3N4/c15-14(16,17)12-5-7-19-13(20-12)21-8-2-4-11(21)10-3-1-6-18-9-10/h1,3,5-7,9,11H,2,4,8H2/t11-/m1/s1. The second-order valence-corrected chi connectivity index (χ2v) is 4.88. The van der Waals surface area contributed by atoms with Gasteiger partial charge in [-0.3, -0.25) is 4.98 Å². The maximum atomic E-state index is 12.8. The molecule has 0 bridgehead atoms. The van der Waals surface area contributed by atoms with Crippen molar-refractivity contribution >= 4 is 5.95 Å². The van der Waals surface area contributed by atoms with E-state index < -0.39 is 11.9 Å². The first-order chi connectivity index (χ1) is 10.1. The quantitative estimate of drug-likeness (QED) is 0.852. The van der Waals surface area contributed by atoms with Crippen molar-refractivity contribution in [3.8, 4) is 0 Å². The van der Waals surface area contributed by atoms with Gasteiger partial charge < -0.3 is 4.90 Å². The molecule has 0 saturated carbocycles. The summed E-state index contributed by atoms with van der Waals surface area (Å²) >= 11 is 0. The number of hydrogen-bond donors (Lipinski definition) is 0. The van der Waals surface area contributed by atoms with Crippen LogP contribution >= 0.6 is 0 Å². The number of alkyl halides is 3. The molecule has 3 rings (SSSR count). The molecule has 0 aromatic carbocycles. The molecule has 3 heterocycles. The first-order valence-electron chi connectivity index (χ1n) is 6.62. The Morgan fingerprint density at radius 1 is 1.19 bits per heavy atom. The number of nitrogens with zero attached hydrogens (tertiary/aromatic N) is 4. The highest BCUT2D eigenvalue weighted by Gasteiger charge is 2.35. The summed E-state index contributed by atoms with van der Waals surface area (Å²) in [5.74, 6) is 0.121. The van der Waals surface area contributed by atoms with E-state index in [9.17, 15) is 13.2 Å². The molecule has 2 aromatic heterocycles. The molecule has 2 aromatic rings. The van der Waals surface area contributed by atoms with Crippen LogP contribution in [-0.4, -0.2) is 21.5 Å².